The maximum absolute atomic E-state index is 9.14. The highest BCUT2D eigenvalue weighted by molar-refractivity contribution is 5.36. The largest absolute Gasteiger partial charge is 0.317 e. The Morgan fingerprint density at radius 3 is 2.50 bits per heavy atom. The summed E-state index contributed by atoms with van der Waals surface area (Å²) in [5, 5.41) is 17.8. The highest BCUT2D eigenvalue weighted by Gasteiger charge is 2.45. The average Bonchev–Trinajstić information content (AvgIpc) is 2.19. The smallest absolute Gasteiger partial charge is 0.0853 e. The molecule has 0 saturated heterocycles. The molecule has 0 atom stereocenters. The Bertz CT molecular complexity index is 349. The summed E-state index contributed by atoms with van der Waals surface area (Å²) in [6.45, 7) is 0. The van der Waals surface area contributed by atoms with Crippen LogP contribution in [0.2, 0.25) is 0 Å². The fraction of sp³-hybridized carbons (Fsp3) is 0.364. The van der Waals surface area contributed by atoms with Crippen LogP contribution in [-0.2, 0) is 5.41 Å². The Balaban J connectivity index is 2.22. The summed E-state index contributed by atoms with van der Waals surface area (Å²) in [5.74, 6) is 0. The van der Waals surface area contributed by atoms with Crippen molar-refractivity contribution >= 4 is 0 Å². The van der Waals surface area contributed by atoms with Gasteiger partial charge in [0, 0.05) is 6.04 Å². The molecular weight excluding hydrogens is 176 g/mol. The van der Waals surface area contributed by atoms with Crippen molar-refractivity contribution in [3.05, 3.63) is 35.9 Å². The molecule has 0 spiro atoms. The van der Waals surface area contributed by atoms with Gasteiger partial charge in [-0.05, 0) is 18.4 Å². The van der Waals surface area contributed by atoms with E-state index in [9.17, 15) is 0 Å². The van der Waals surface area contributed by atoms with Gasteiger partial charge in [-0.2, -0.15) is 5.26 Å². The first-order valence-corrected chi connectivity index (χ1v) is 4.67. The molecule has 1 aromatic rings. The topological polar surface area (TPSA) is 56.0 Å². The molecule has 72 valence electrons. The molecule has 3 nitrogen and oxygen atoms in total. The lowest BCUT2D eigenvalue weighted by molar-refractivity contribution is 0.0598. The number of rotatable bonds is 2. The molecule has 3 heteroatoms. The molecule has 1 aliphatic rings. The summed E-state index contributed by atoms with van der Waals surface area (Å²) in [7, 11) is 0. The van der Waals surface area contributed by atoms with E-state index < -0.39 is 0 Å². The normalized spacial score (nSPS) is 30.4. The Morgan fingerprint density at radius 1 is 1.36 bits per heavy atom. The Kier molecular flexibility index (Phi) is 2.24. The van der Waals surface area contributed by atoms with Gasteiger partial charge in [-0.3, -0.25) is 0 Å². The highest BCUT2D eigenvalue weighted by atomic mass is 16.5. The van der Waals surface area contributed by atoms with Crippen LogP contribution in [0.3, 0.4) is 0 Å². The van der Waals surface area contributed by atoms with Crippen LogP contribution >= 0.6 is 0 Å². The number of nitrogens with zero attached hydrogens (tertiary/aromatic N) is 1. The van der Waals surface area contributed by atoms with Gasteiger partial charge < -0.3 is 5.21 Å². The second-order valence-corrected chi connectivity index (χ2v) is 3.79. The van der Waals surface area contributed by atoms with E-state index in [4.69, 9.17) is 10.5 Å². The van der Waals surface area contributed by atoms with Gasteiger partial charge in [-0.25, -0.2) is 5.48 Å². The van der Waals surface area contributed by atoms with Crippen molar-refractivity contribution < 1.29 is 5.21 Å². The first-order valence-electron chi connectivity index (χ1n) is 4.67. The van der Waals surface area contributed by atoms with Gasteiger partial charge in [-0.1, -0.05) is 30.3 Å². The minimum absolute atomic E-state index is 0.0647. The molecule has 0 aromatic heterocycles. The number of nitrogens with one attached hydrogen (secondary N) is 1. The van der Waals surface area contributed by atoms with Crippen molar-refractivity contribution in [1.82, 2.24) is 5.48 Å². The zero-order valence-corrected chi connectivity index (χ0v) is 7.77. The number of hydroxylamine groups is 1. The predicted octanol–water partition coefficient (Wildman–Crippen LogP) is 1.59. The quantitative estimate of drug-likeness (QED) is 0.693. The van der Waals surface area contributed by atoms with Crippen molar-refractivity contribution in [3.63, 3.8) is 0 Å². The lowest BCUT2D eigenvalue weighted by atomic mass is 9.63. The van der Waals surface area contributed by atoms with Crippen molar-refractivity contribution in [2.75, 3.05) is 0 Å². The maximum Gasteiger partial charge on any atom is 0.0853 e. The number of hydrogen-bond acceptors (Lipinski definition) is 3. The van der Waals surface area contributed by atoms with E-state index in [1.165, 1.54) is 0 Å². The Morgan fingerprint density at radius 2 is 2.00 bits per heavy atom. The van der Waals surface area contributed by atoms with Gasteiger partial charge in [0.2, 0.25) is 0 Å². The Labute approximate surface area is 82.9 Å². The van der Waals surface area contributed by atoms with Gasteiger partial charge in [0.05, 0.1) is 11.5 Å². The van der Waals surface area contributed by atoms with E-state index in [1.54, 1.807) is 0 Å². The molecule has 2 N–H and O–H groups in total. The van der Waals surface area contributed by atoms with Crippen LogP contribution in [0.15, 0.2) is 30.3 Å². The highest BCUT2D eigenvalue weighted by Crippen LogP contribution is 2.42. The standard InChI is InChI=1S/C11H12N2O/c12-8-11(6-10(7-11)13-14)9-4-2-1-3-5-9/h1-5,10,13-14H,6-7H2. The van der Waals surface area contributed by atoms with Gasteiger partial charge in [0.15, 0.2) is 0 Å². The van der Waals surface area contributed by atoms with Crippen molar-refractivity contribution in [2.24, 2.45) is 0 Å². The lowest BCUT2D eigenvalue weighted by Crippen LogP contribution is -2.49. The molecule has 14 heavy (non-hydrogen) atoms. The van der Waals surface area contributed by atoms with E-state index in [0.29, 0.717) is 12.8 Å². The van der Waals surface area contributed by atoms with E-state index in [1.807, 2.05) is 30.3 Å². The van der Waals surface area contributed by atoms with E-state index in [-0.39, 0.29) is 11.5 Å². The molecule has 1 saturated carbocycles. The summed E-state index contributed by atoms with van der Waals surface area (Å²) in [6.07, 6.45) is 1.37. The summed E-state index contributed by atoms with van der Waals surface area (Å²) >= 11 is 0. The third-order valence-electron chi connectivity index (χ3n) is 2.91. The van der Waals surface area contributed by atoms with Crippen LogP contribution in [0.25, 0.3) is 0 Å². The minimum Gasteiger partial charge on any atom is -0.317 e. The van der Waals surface area contributed by atoms with Crippen molar-refractivity contribution in [3.8, 4) is 6.07 Å². The van der Waals surface area contributed by atoms with Gasteiger partial charge >= 0.3 is 0 Å². The average molecular weight is 188 g/mol. The van der Waals surface area contributed by atoms with E-state index in [0.717, 1.165) is 5.56 Å². The summed E-state index contributed by atoms with van der Waals surface area (Å²) < 4.78 is 0. The maximum atomic E-state index is 9.14. The number of benzene rings is 1. The van der Waals surface area contributed by atoms with Crippen LogP contribution in [0.1, 0.15) is 18.4 Å². The second-order valence-electron chi connectivity index (χ2n) is 3.79. The second kappa shape index (κ2) is 3.41. The lowest BCUT2D eigenvalue weighted by Gasteiger charge is -2.42. The SMILES string of the molecule is N#CC1(c2ccccc2)CC(NO)C1. The van der Waals surface area contributed by atoms with Crippen molar-refractivity contribution in [2.45, 2.75) is 24.3 Å². The van der Waals surface area contributed by atoms with Crippen LogP contribution in [0.4, 0.5) is 0 Å². The molecule has 0 heterocycles. The minimum atomic E-state index is -0.387. The predicted molar refractivity (Wildman–Crippen MR) is 51.7 cm³/mol. The molecule has 1 fully saturated rings. The zero-order valence-electron chi connectivity index (χ0n) is 7.77. The molecular formula is C11H12N2O. The Hall–Kier alpha value is -1.37. The molecule has 0 unspecified atom stereocenters. The van der Waals surface area contributed by atoms with Gasteiger partial charge in [-0.15, -0.1) is 0 Å². The van der Waals surface area contributed by atoms with Crippen LogP contribution in [0.5, 0.6) is 0 Å². The van der Waals surface area contributed by atoms with Crippen LogP contribution < -0.4 is 5.48 Å². The first-order chi connectivity index (χ1) is 6.80. The monoisotopic (exact) mass is 188 g/mol. The number of nitriles is 1. The molecule has 1 aliphatic carbocycles. The molecule has 0 radical (unpaired) electrons. The summed E-state index contributed by atoms with van der Waals surface area (Å²) in [5.41, 5.74) is 2.87. The van der Waals surface area contributed by atoms with Crippen LogP contribution in [-0.4, -0.2) is 11.2 Å². The fourth-order valence-corrected chi connectivity index (χ4v) is 2.02. The molecule has 0 amide bonds. The molecule has 1 aromatic carbocycles. The van der Waals surface area contributed by atoms with Crippen LogP contribution in [0, 0.1) is 11.3 Å². The third kappa shape index (κ3) is 1.29. The van der Waals surface area contributed by atoms with Gasteiger partial charge in [0.1, 0.15) is 0 Å². The zero-order chi connectivity index (χ0) is 10.0. The van der Waals surface area contributed by atoms with E-state index in [2.05, 4.69) is 11.5 Å². The first kappa shape index (κ1) is 9.20. The van der Waals surface area contributed by atoms with E-state index >= 15 is 0 Å². The third-order valence-corrected chi connectivity index (χ3v) is 2.91. The fourth-order valence-electron chi connectivity index (χ4n) is 2.02. The molecule has 0 bridgehead atoms. The molecule has 2 rings (SSSR count). The molecule has 0 aliphatic heterocycles. The summed E-state index contributed by atoms with van der Waals surface area (Å²) in [4.78, 5) is 0. The van der Waals surface area contributed by atoms with Gasteiger partial charge in [0.25, 0.3) is 0 Å². The van der Waals surface area contributed by atoms with Crippen molar-refractivity contribution in [1.29, 1.82) is 5.26 Å². The number of hydrogen-bond donors (Lipinski definition) is 2. The summed E-state index contributed by atoms with van der Waals surface area (Å²) in [6, 6.07) is 12.2.